The predicted octanol–water partition coefficient (Wildman–Crippen LogP) is -0.656. The lowest BCUT2D eigenvalue weighted by Crippen LogP contribution is -2.49. The molecule has 0 atom stereocenters. The number of carbonyl (C=O) groups is 2. The lowest BCUT2D eigenvalue weighted by molar-refractivity contribution is -0.139. The second-order valence-electron chi connectivity index (χ2n) is 4.30. The second-order valence-corrected chi connectivity index (χ2v) is 4.30. The van der Waals surface area contributed by atoms with Crippen LogP contribution >= 0.6 is 0 Å². The van der Waals surface area contributed by atoms with Gasteiger partial charge in [0.05, 0.1) is 6.54 Å². The Bertz CT molecular complexity index is 263. The highest BCUT2D eigenvalue weighted by Crippen LogP contribution is 2.05. The number of piperazine rings is 1. The highest BCUT2D eigenvalue weighted by atomic mass is 16.4. The van der Waals surface area contributed by atoms with Crippen LogP contribution in [0.15, 0.2) is 0 Å². The summed E-state index contributed by atoms with van der Waals surface area (Å²) in [5.74, 6) is -0.652. The maximum atomic E-state index is 11.8. The Kier molecular flexibility index (Phi) is 5.93. The van der Waals surface area contributed by atoms with Gasteiger partial charge in [-0.3, -0.25) is 14.5 Å². The number of nitrogens with zero attached hydrogens (tertiary/aromatic N) is 2. The normalized spacial score (nSPS) is 17.1. The van der Waals surface area contributed by atoms with Crippen molar-refractivity contribution in [1.82, 2.24) is 9.80 Å². The minimum atomic E-state index is -0.812. The summed E-state index contributed by atoms with van der Waals surface area (Å²) in [6, 6.07) is 0. The van der Waals surface area contributed by atoms with Gasteiger partial charge in [0.25, 0.3) is 0 Å². The fourth-order valence-corrected chi connectivity index (χ4v) is 1.93. The molecule has 0 saturated carbocycles. The van der Waals surface area contributed by atoms with Crippen LogP contribution in [-0.2, 0) is 9.59 Å². The van der Waals surface area contributed by atoms with Crippen LogP contribution in [0.1, 0.15) is 19.3 Å². The van der Waals surface area contributed by atoms with Crippen molar-refractivity contribution in [1.29, 1.82) is 0 Å². The van der Waals surface area contributed by atoms with E-state index in [0.29, 0.717) is 39.1 Å². The number of carboxylic acid groups (broad SMARTS) is 1. The zero-order chi connectivity index (χ0) is 12.7. The molecule has 0 aromatic carbocycles. The number of hydrogen-bond donors (Lipinski definition) is 2. The van der Waals surface area contributed by atoms with E-state index in [2.05, 4.69) is 0 Å². The summed E-state index contributed by atoms with van der Waals surface area (Å²) in [6.07, 6.45) is 2.27. The first-order valence-electron chi connectivity index (χ1n) is 6.05. The molecule has 6 heteroatoms. The largest absolute Gasteiger partial charge is 0.480 e. The lowest BCUT2D eigenvalue weighted by atomic mass is 10.2. The first-order chi connectivity index (χ1) is 8.13. The van der Waals surface area contributed by atoms with Crippen molar-refractivity contribution < 1.29 is 14.7 Å². The minimum absolute atomic E-state index is 0.0647. The van der Waals surface area contributed by atoms with Crippen molar-refractivity contribution in [2.45, 2.75) is 19.3 Å². The molecule has 1 rings (SSSR count). The van der Waals surface area contributed by atoms with Crippen molar-refractivity contribution in [3.63, 3.8) is 0 Å². The van der Waals surface area contributed by atoms with E-state index in [4.69, 9.17) is 10.8 Å². The molecule has 0 unspecified atom stereocenters. The topological polar surface area (TPSA) is 86.9 Å². The molecule has 1 saturated heterocycles. The Morgan fingerprint density at radius 3 is 2.29 bits per heavy atom. The SMILES string of the molecule is NCCCCC(=O)N1CCN(CC(=O)O)CC1. The van der Waals surface area contributed by atoms with E-state index in [1.807, 2.05) is 9.80 Å². The fraction of sp³-hybridized carbons (Fsp3) is 0.818. The molecule has 17 heavy (non-hydrogen) atoms. The van der Waals surface area contributed by atoms with Gasteiger partial charge >= 0.3 is 5.97 Å². The van der Waals surface area contributed by atoms with Crippen LogP contribution in [0.25, 0.3) is 0 Å². The zero-order valence-electron chi connectivity index (χ0n) is 10.1. The quantitative estimate of drug-likeness (QED) is 0.605. The van der Waals surface area contributed by atoms with Crippen LogP contribution < -0.4 is 5.73 Å². The van der Waals surface area contributed by atoms with E-state index < -0.39 is 5.97 Å². The molecule has 0 radical (unpaired) electrons. The van der Waals surface area contributed by atoms with Crippen molar-refractivity contribution >= 4 is 11.9 Å². The van der Waals surface area contributed by atoms with E-state index in [1.54, 1.807) is 0 Å². The van der Waals surface area contributed by atoms with Crippen LogP contribution in [0.2, 0.25) is 0 Å². The number of aliphatic carboxylic acids is 1. The Morgan fingerprint density at radius 1 is 1.12 bits per heavy atom. The van der Waals surface area contributed by atoms with Gasteiger partial charge in [0.1, 0.15) is 0 Å². The molecular formula is C11H21N3O3. The third-order valence-corrected chi connectivity index (χ3v) is 2.93. The molecular weight excluding hydrogens is 222 g/mol. The third kappa shape index (κ3) is 5.14. The first-order valence-corrected chi connectivity index (χ1v) is 6.05. The summed E-state index contributed by atoms with van der Waals surface area (Å²) in [4.78, 5) is 25.9. The van der Waals surface area contributed by atoms with E-state index in [9.17, 15) is 9.59 Å². The average Bonchev–Trinajstić information content (AvgIpc) is 2.29. The Balaban J connectivity index is 2.21. The molecule has 0 bridgehead atoms. The Morgan fingerprint density at radius 2 is 1.76 bits per heavy atom. The van der Waals surface area contributed by atoms with Crippen molar-refractivity contribution in [3.8, 4) is 0 Å². The average molecular weight is 243 g/mol. The summed E-state index contributed by atoms with van der Waals surface area (Å²) < 4.78 is 0. The van der Waals surface area contributed by atoms with Gasteiger partial charge in [-0.25, -0.2) is 0 Å². The van der Waals surface area contributed by atoms with Crippen LogP contribution in [0, 0.1) is 0 Å². The fourth-order valence-electron chi connectivity index (χ4n) is 1.93. The number of amides is 1. The van der Waals surface area contributed by atoms with E-state index in [0.717, 1.165) is 12.8 Å². The number of carbonyl (C=O) groups excluding carboxylic acids is 1. The zero-order valence-corrected chi connectivity index (χ0v) is 10.1. The Hall–Kier alpha value is -1.14. The van der Waals surface area contributed by atoms with Gasteiger partial charge in [-0.2, -0.15) is 0 Å². The summed E-state index contributed by atoms with van der Waals surface area (Å²) in [7, 11) is 0. The van der Waals surface area contributed by atoms with Gasteiger partial charge < -0.3 is 15.7 Å². The second kappa shape index (κ2) is 7.24. The van der Waals surface area contributed by atoms with Crippen molar-refractivity contribution in [2.24, 2.45) is 5.73 Å². The highest BCUT2D eigenvalue weighted by molar-refractivity contribution is 5.76. The standard InChI is InChI=1S/C11H21N3O3/c12-4-2-1-3-10(15)14-7-5-13(6-8-14)9-11(16)17/h1-9,12H2,(H,16,17). The number of nitrogens with two attached hydrogens (primary N) is 1. The molecule has 0 spiro atoms. The van der Waals surface area contributed by atoms with Gasteiger partial charge in [0, 0.05) is 32.6 Å². The van der Waals surface area contributed by atoms with Gasteiger partial charge in [-0.05, 0) is 19.4 Å². The minimum Gasteiger partial charge on any atom is -0.480 e. The first kappa shape index (κ1) is 13.9. The molecule has 1 amide bonds. The number of unbranched alkanes of at least 4 members (excludes halogenated alkanes) is 1. The van der Waals surface area contributed by atoms with E-state index in [1.165, 1.54) is 0 Å². The molecule has 98 valence electrons. The van der Waals surface area contributed by atoms with Crippen molar-refractivity contribution in [2.75, 3.05) is 39.3 Å². The number of carboxylic acids is 1. The molecule has 1 heterocycles. The van der Waals surface area contributed by atoms with Crippen molar-refractivity contribution in [3.05, 3.63) is 0 Å². The summed E-state index contributed by atoms with van der Waals surface area (Å²) in [5.41, 5.74) is 5.37. The maximum Gasteiger partial charge on any atom is 0.317 e. The van der Waals surface area contributed by atoms with E-state index >= 15 is 0 Å². The van der Waals surface area contributed by atoms with Gasteiger partial charge in [-0.15, -0.1) is 0 Å². The van der Waals surface area contributed by atoms with Crippen LogP contribution in [0.3, 0.4) is 0 Å². The molecule has 0 aliphatic carbocycles. The van der Waals surface area contributed by atoms with E-state index in [-0.39, 0.29) is 12.5 Å². The summed E-state index contributed by atoms with van der Waals surface area (Å²) in [6.45, 7) is 3.25. The van der Waals surface area contributed by atoms with Gasteiger partial charge in [-0.1, -0.05) is 0 Å². The van der Waals surface area contributed by atoms with Gasteiger partial charge in [0.2, 0.25) is 5.91 Å². The molecule has 3 N–H and O–H groups in total. The third-order valence-electron chi connectivity index (χ3n) is 2.93. The smallest absolute Gasteiger partial charge is 0.317 e. The van der Waals surface area contributed by atoms with Crippen LogP contribution in [0.4, 0.5) is 0 Å². The van der Waals surface area contributed by atoms with Crippen LogP contribution in [0.5, 0.6) is 0 Å². The summed E-state index contributed by atoms with van der Waals surface area (Å²) in [5, 5.41) is 8.65. The molecule has 1 aliphatic heterocycles. The van der Waals surface area contributed by atoms with Gasteiger partial charge in [0.15, 0.2) is 0 Å². The predicted molar refractivity (Wildman–Crippen MR) is 63.6 cm³/mol. The molecule has 0 aromatic heterocycles. The maximum absolute atomic E-state index is 11.8. The molecule has 1 fully saturated rings. The lowest BCUT2D eigenvalue weighted by Gasteiger charge is -2.33. The monoisotopic (exact) mass is 243 g/mol. The number of rotatable bonds is 6. The Labute approximate surface area is 101 Å². The molecule has 0 aromatic rings. The number of hydrogen-bond acceptors (Lipinski definition) is 4. The highest BCUT2D eigenvalue weighted by Gasteiger charge is 2.21. The molecule has 6 nitrogen and oxygen atoms in total. The van der Waals surface area contributed by atoms with Crippen LogP contribution in [-0.4, -0.2) is 66.1 Å². The summed E-state index contributed by atoms with van der Waals surface area (Å²) >= 11 is 0. The molecule has 1 aliphatic rings.